The van der Waals surface area contributed by atoms with Crippen LogP contribution in [0.15, 0.2) is 55.8 Å². The predicted octanol–water partition coefficient (Wildman–Crippen LogP) is 4.03. The first kappa shape index (κ1) is 18.6. The molecule has 150 valence electrons. The van der Waals surface area contributed by atoms with Crippen LogP contribution in [0.1, 0.15) is 10.7 Å². The fourth-order valence-corrected chi connectivity index (χ4v) is 5.01. The highest BCUT2D eigenvalue weighted by atomic mass is 32.1. The molecule has 0 aliphatic carbocycles. The number of thiophene rings is 2. The van der Waals surface area contributed by atoms with Crippen molar-refractivity contribution < 1.29 is 8.81 Å². The van der Waals surface area contributed by atoms with Gasteiger partial charge in [0.05, 0.1) is 5.39 Å². The van der Waals surface area contributed by atoms with E-state index in [1.54, 1.807) is 11.3 Å². The van der Waals surface area contributed by atoms with Gasteiger partial charge in [0.25, 0.3) is 5.56 Å². The molecule has 4 aromatic heterocycles. The molecule has 5 aromatic rings. The highest BCUT2D eigenvalue weighted by Crippen LogP contribution is 2.34. The summed E-state index contributed by atoms with van der Waals surface area (Å²) in [6, 6.07) is 9.44. The summed E-state index contributed by atoms with van der Waals surface area (Å²) in [6.45, 7) is 1.96. The number of hydrogen-bond donors (Lipinski definition) is 1. The molecule has 5 rings (SSSR count). The summed E-state index contributed by atoms with van der Waals surface area (Å²) >= 11 is 2.99. The van der Waals surface area contributed by atoms with Crippen molar-refractivity contribution in [2.45, 2.75) is 13.5 Å². The summed E-state index contributed by atoms with van der Waals surface area (Å²) in [5.41, 5.74) is 1.05. The highest BCUT2D eigenvalue weighted by molar-refractivity contribution is 7.19. The van der Waals surface area contributed by atoms with Crippen LogP contribution in [-0.2, 0) is 6.54 Å². The van der Waals surface area contributed by atoms with Gasteiger partial charge in [0.2, 0.25) is 5.89 Å². The Bertz CT molecular complexity index is 1490. The molecule has 0 amide bonds. The van der Waals surface area contributed by atoms with Crippen molar-refractivity contribution in [1.82, 2.24) is 19.7 Å². The van der Waals surface area contributed by atoms with Crippen LogP contribution in [0.2, 0.25) is 0 Å². The average Bonchev–Trinajstić information content (AvgIpc) is 3.42. The molecule has 4 heterocycles. The van der Waals surface area contributed by atoms with E-state index >= 15 is 0 Å². The molecule has 0 atom stereocenters. The van der Waals surface area contributed by atoms with Crippen molar-refractivity contribution in [3.63, 3.8) is 0 Å². The first-order valence-corrected chi connectivity index (χ1v) is 10.6. The maximum Gasteiger partial charge on any atom is 0.437 e. The van der Waals surface area contributed by atoms with Crippen LogP contribution < -0.4 is 11.3 Å². The molecule has 0 aliphatic rings. The SMILES string of the molecule is Cc1ccc(-c2csc3nc(Cn4nc(-c5ccc(F)cc5)oc4=O)[nH]c(=O)c23)s1. The van der Waals surface area contributed by atoms with Crippen LogP contribution >= 0.6 is 22.7 Å². The lowest BCUT2D eigenvalue weighted by Crippen LogP contribution is -2.20. The van der Waals surface area contributed by atoms with Crippen molar-refractivity contribution in [2.24, 2.45) is 0 Å². The van der Waals surface area contributed by atoms with E-state index in [1.165, 1.54) is 35.6 Å². The van der Waals surface area contributed by atoms with E-state index in [1.807, 2.05) is 24.4 Å². The van der Waals surface area contributed by atoms with Gasteiger partial charge in [-0.05, 0) is 43.3 Å². The molecule has 1 N–H and O–H groups in total. The largest absolute Gasteiger partial charge is 0.437 e. The van der Waals surface area contributed by atoms with Crippen molar-refractivity contribution in [2.75, 3.05) is 0 Å². The standard InChI is InChI=1S/C20H13FN4O3S2/c1-10-2-7-14(30-10)13-9-29-19-16(13)17(26)22-15(23-19)8-25-20(27)28-18(24-25)11-3-5-12(21)6-4-11/h2-7,9H,8H2,1H3,(H,22,23,26). The van der Waals surface area contributed by atoms with Crippen molar-refractivity contribution in [3.8, 4) is 21.9 Å². The van der Waals surface area contributed by atoms with Gasteiger partial charge < -0.3 is 9.40 Å². The Morgan fingerprint density at radius 3 is 2.70 bits per heavy atom. The molecule has 0 unspecified atom stereocenters. The van der Waals surface area contributed by atoms with E-state index in [-0.39, 0.29) is 18.0 Å². The summed E-state index contributed by atoms with van der Waals surface area (Å²) < 4.78 is 19.3. The van der Waals surface area contributed by atoms with Crippen molar-refractivity contribution in [1.29, 1.82) is 0 Å². The molecule has 0 fully saturated rings. The molecule has 7 nitrogen and oxygen atoms in total. The summed E-state index contributed by atoms with van der Waals surface area (Å²) in [4.78, 5) is 34.9. The number of aromatic nitrogens is 4. The van der Waals surface area contributed by atoms with Crippen molar-refractivity contribution in [3.05, 3.63) is 79.2 Å². The number of benzene rings is 1. The minimum atomic E-state index is -0.696. The van der Waals surface area contributed by atoms with E-state index in [2.05, 4.69) is 15.1 Å². The zero-order chi connectivity index (χ0) is 20.8. The van der Waals surface area contributed by atoms with Crippen LogP contribution in [0, 0.1) is 12.7 Å². The second-order valence-electron chi connectivity index (χ2n) is 6.59. The van der Waals surface area contributed by atoms with Gasteiger partial charge in [-0.15, -0.1) is 27.8 Å². The third-order valence-corrected chi connectivity index (χ3v) is 6.40. The third kappa shape index (κ3) is 3.29. The zero-order valence-corrected chi connectivity index (χ0v) is 17.1. The Morgan fingerprint density at radius 2 is 1.97 bits per heavy atom. The minimum absolute atomic E-state index is 0.0555. The van der Waals surface area contributed by atoms with E-state index in [4.69, 9.17) is 4.42 Å². The van der Waals surface area contributed by atoms with Crippen LogP contribution in [0.5, 0.6) is 0 Å². The van der Waals surface area contributed by atoms with Gasteiger partial charge >= 0.3 is 5.76 Å². The quantitative estimate of drug-likeness (QED) is 0.455. The van der Waals surface area contributed by atoms with Gasteiger partial charge in [-0.1, -0.05) is 0 Å². The first-order chi connectivity index (χ1) is 14.5. The van der Waals surface area contributed by atoms with Gasteiger partial charge in [-0.2, -0.15) is 4.68 Å². The molecule has 0 aliphatic heterocycles. The number of nitrogens with zero attached hydrogens (tertiary/aromatic N) is 3. The fraction of sp³-hybridized carbons (Fsp3) is 0.100. The second-order valence-corrected chi connectivity index (χ2v) is 8.74. The molecule has 0 saturated carbocycles. The molecule has 30 heavy (non-hydrogen) atoms. The Kier molecular flexibility index (Phi) is 4.44. The molecule has 0 spiro atoms. The normalized spacial score (nSPS) is 11.4. The topological polar surface area (TPSA) is 93.8 Å². The monoisotopic (exact) mass is 440 g/mol. The van der Waals surface area contributed by atoms with E-state index in [9.17, 15) is 14.0 Å². The molecule has 1 aromatic carbocycles. The summed E-state index contributed by atoms with van der Waals surface area (Å²) in [6.07, 6.45) is 0. The Hall–Kier alpha value is -3.37. The van der Waals surface area contributed by atoms with Gasteiger partial charge in [-0.3, -0.25) is 4.79 Å². The molecular formula is C20H13FN4O3S2. The molecule has 0 bridgehead atoms. The summed E-state index contributed by atoms with van der Waals surface area (Å²) in [5, 5.41) is 6.57. The van der Waals surface area contributed by atoms with Crippen LogP contribution in [0.25, 0.3) is 32.1 Å². The molecule has 10 heteroatoms. The fourth-order valence-electron chi connectivity index (χ4n) is 3.09. The number of aromatic amines is 1. The van der Waals surface area contributed by atoms with Crippen LogP contribution in [0.4, 0.5) is 4.39 Å². The number of H-pyrrole nitrogens is 1. The number of hydrogen-bond acceptors (Lipinski definition) is 7. The lowest BCUT2D eigenvalue weighted by atomic mass is 10.2. The molecule has 0 radical (unpaired) electrons. The summed E-state index contributed by atoms with van der Waals surface area (Å²) in [5.74, 6) is -0.735. The number of nitrogens with one attached hydrogen (secondary N) is 1. The second kappa shape index (κ2) is 7.15. The lowest BCUT2D eigenvalue weighted by molar-refractivity contribution is 0.491. The smallest absolute Gasteiger partial charge is 0.388 e. The van der Waals surface area contributed by atoms with Gasteiger partial charge in [0.15, 0.2) is 0 Å². The zero-order valence-electron chi connectivity index (χ0n) is 15.5. The average molecular weight is 440 g/mol. The third-order valence-electron chi connectivity index (χ3n) is 4.50. The van der Waals surface area contributed by atoms with Gasteiger partial charge in [0.1, 0.15) is 23.0 Å². The van der Waals surface area contributed by atoms with E-state index < -0.39 is 11.6 Å². The van der Waals surface area contributed by atoms with Crippen LogP contribution in [-0.4, -0.2) is 19.7 Å². The van der Waals surface area contributed by atoms with E-state index in [0.717, 1.165) is 20.0 Å². The van der Waals surface area contributed by atoms with E-state index in [0.29, 0.717) is 21.6 Å². The Morgan fingerprint density at radius 1 is 1.17 bits per heavy atom. The molecular weight excluding hydrogens is 427 g/mol. The van der Waals surface area contributed by atoms with Crippen LogP contribution in [0.3, 0.4) is 0 Å². The minimum Gasteiger partial charge on any atom is -0.388 e. The predicted molar refractivity (Wildman–Crippen MR) is 114 cm³/mol. The highest BCUT2D eigenvalue weighted by Gasteiger charge is 2.16. The summed E-state index contributed by atoms with van der Waals surface area (Å²) in [7, 11) is 0. The Labute approximate surface area is 176 Å². The lowest BCUT2D eigenvalue weighted by Gasteiger charge is -2.00. The van der Waals surface area contributed by atoms with Gasteiger partial charge in [-0.25, -0.2) is 14.2 Å². The maximum atomic E-state index is 13.1. The number of fused-ring (bicyclic) bond motifs is 1. The maximum absolute atomic E-state index is 13.1. The molecule has 0 saturated heterocycles. The number of rotatable bonds is 4. The van der Waals surface area contributed by atoms with Gasteiger partial charge in [0, 0.05) is 26.3 Å². The number of halogens is 1. The Balaban J connectivity index is 1.50. The first-order valence-electron chi connectivity index (χ1n) is 8.89. The number of aryl methyl sites for hydroxylation is 1. The van der Waals surface area contributed by atoms with Crippen molar-refractivity contribution >= 4 is 32.9 Å².